The van der Waals surface area contributed by atoms with Crippen molar-refractivity contribution in [3.8, 4) is 0 Å². The van der Waals surface area contributed by atoms with Crippen LogP contribution < -0.4 is 5.32 Å². The number of benzene rings is 1. The predicted octanol–water partition coefficient (Wildman–Crippen LogP) is 3.84. The Morgan fingerprint density at radius 3 is 3.03 bits per heavy atom. The quantitative estimate of drug-likeness (QED) is 0.819. The number of rotatable bonds is 4. The molecule has 31 heavy (non-hydrogen) atoms. The van der Waals surface area contributed by atoms with Crippen LogP contribution in [0.4, 0.5) is 4.79 Å². The van der Waals surface area contributed by atoms with E-state index in [-0.39, 0.29) is 12.1 Å². The molecule has 2 aliphatic heterocycles. The highest BCUT2D eigenvalue weighted by atomic mass is 16.5. The van der Waals surface area contributed by atoms with Crippen LogP contribution in [-0.4, -0.2) is 40.7 Å². The van der Waals surface area contributed by atoms with Crippen molar-refractivity contribution in [2.45, 2.75) is 51.6 Å². The van der Waals surface area contributed by atoms with Crippen molar-refractivity contribution in [1.82, 2.24) is 20.2 Å². The second-order valence-corrected chi connectivity index (χ2v) is 8.93. The molecule has 2 amide bonds. The van der Waals surface area contributed by atoms with Crippen LogP contribution in [-0.2, 0) is 30.5 Å². The van der Waals surface area contributed by atoms with Crippen LogP contribution in [0.1, 0.15) is 59.6 Å². The second-order valence-electron chi connectivity index (χ2n) is 8.93. The first kappa shape index (κ1) is 20.2. The molecule has 3 heterocycles. The zero-order chi connectivity index (χ0) is 21.2. The summed E-state index contributed by atoms with van der Waals surface area (Å²) in [5, 5.41) is 3.18. The highest BCUT2D eigenvalue weighted by Gasteiger charge is 2.25. The number of fused-ring (bicyclic) bond motifs is 2. The maximum absolute atomic E-state index is 13.0. The van der Waals surface area contributed by atoms with Gasteiger partial charge in [0.1, 0.15) is 5.82 Å². The number of aromatic nitrogens is 2. The number of nitrogens with one attached hydrogen (secondary N) is 1. The Kier molecular flexibility index (Phi) is 5.72. The van der Waals surface area contributed by atoms with Crippen LogP contribution >= 0.6 is 0 Å². The number of hydrogen-bond donors (Lipinski definition) is 1. The van der Waals surface area contributed by atoms with Crippen LogP contribution in [0.25, 0.3) is 6.08 Å². The first-order chi connectivity index (χ1) is 15.2. The number of allylic oxidation sites excluding steroid dienone is 1. The summed E-state index contributed by atoms with van der Waals surface area (Å²) < 4.78 is 5.46. The highest BCUT2D eigenvalue weighted by molar-refractivity contribution is 5.75. The first-order valence-corrected chi connectivity index (χ1v) is 11.4. The van der Waals surface area contributed by atoms with Crippen LogP contribution in [0, 0.1) is 5.92 Å². The lowest BCUT2D eigenvalue weighted by molar-refractivity contribution is 0.0659. The summed E-state index contributed by atoms with van der Waals surface area (Å²) in [5.41, 5.74) is 5.92. The van der Waals surface area contributed by atoms with E-state index < -0.39 is 0 Å². The van der Waals surface area contributed by atoms with Crippen molar-refractivity contribution in [3.63, 3.8) is 0 Å². The van der Waals surface area contributed by atoms with Crippen molar-refractivity contribution < 1.29 is 9.53 Å². The molecule has 162 valence electrons. The Morgan fingerprint density at radius 2 is 2.16 bits per heavy atom. The minimum atomic E-state index is -0.0331. The standard InChI is InChI=1S/C25H30N4O2/c1-17(20-6-5-19-3-2-4-21(19)14-20)27-25(30)29-10-7-22-15-26-24(28-23(22)16-29)13-18-8-11-31-12-9-18/h2-3,5-6,14-15,17-18H,4,7-13,16H2,1H3,(H,27,30). The summed E-state index contributed by atoms with van der Waals surface area (Å²) in [6.07, 6.45) is 11.1. The number of carbonyl (C=O) groups is 1. The zero-order valence-electron chi connectivity index (χ0n) is 18.1. The van der Waals surface area contributed by atoms with Crippen LogP contribution in [0.5, 0.6) is 0 Å². The van der Waals surface area contributed by atoms with Gasteiger partial charge in [-0.2, -0.15) is 0 Å². The number of urea groups is 1. The van der Waals surface area contributed by atoms with E-state index in [0.717, 1.165) is 62.4 Å². The lowest BCUT2D eigenvalue weighted by atomic mass is 9.96. The fourth-order valence-corrected chi connectivity index (χ4v) is 4.73. The Bertz CT molecular complexity index is 997. The Labute approximate surface area is 183 Å². The lowest BCUT2D eigenvalue weighted by Gasteiger charge is -2.30. The Morgan fingerprint density at radius 1 is 1.29 bits per heavy atom. The average molecular weight is 419 g/mol. The molecular weight excluding hydrogens is 388 g/mol. The van der Waals surface area contributed by atoms with Gasteiger partial charge in [0, 0.05) is 32.4 Å². The summed E-state index contributed by atoms with van der Waals surface area (Å²) in [5.74, 6) is 1.49. The molecule has 0 radical (unpaired) electrons. The Balaban J connectivity index is 1.22. The number of ether oxygens (including phenoxy) is 1. The molecule has 6 nitrogen and oxygen atoms in total. The van der Waals surface area contributed by atoms with Crippen molar-refractivity contribution in [1.29, 1.82) is 0 Å². The molecule has 2 aromatic rings. The van der Waals surface area contributed by atoms with Crippen molar-refractivity contribution in [2.75, 3.05) is 19.8 Å². The summed E-state index contributed by atoms with van der Waals surface area (Å²) in [4.78, 5) is 24.3. The van der Waals surface area contributed by atoms with Gasteiger partial charge >= 0.3 is 6.03 Å². The third-order valence-electron chi connectivity index (χ3n) is 6.74. The van der Waals surface area contributed by atoms with Crippen molar-refractivity contribution in [3.05, 3.63) is 64.2 Å². The van der Waals surface area contributed by atoms with Gasteiger partial charge in [0.05, 0.1) is 18.3 Å². The molecule has 0 saturated carbocycles. The maximum atomic E-state index is 13.0. The van der Waals surface area contributed by atoms with Crippen molar-refractivity contribution >= 4 is 12.1 Å². The first-order valence-electron chi connectivity index (χ1n) is 11.4. The van der Waals surface area contributed by atoms with Crippen LogP contribution in [0.2, 0.25) is 0 Å². The molecule has 1 aromatic carbocycles. The van der Waals surface area contributed by atoms with E-state index in [2.05, 4.69) is 40.7 Å². The molecular formula is C25H30N4O2. The SMILES string of the molecule is CC(NC(=O)N1CCc2cnc(CC3CCOCC3)nc2C1)c1ccc2c(c1)CC=C2. The van der Waals surface area contributed by atoms with E-state index in [4.69, 9.17) is 9.72 Å². The third kappa shape index (κ3) is 4.49. The molecule has 1 fully saturated rings. The average Bonchev–Trinajstić information content (AvgIpc) is 3.27. The predicted molar refractivity (Wildman–Crippen MR) is 120 cm³/mol. The van der Waals surface area contributed by atoms with Gasteiger partial charge in [-0.1, -0.05) is 30.4 Å². The van der Waals surface area contributed by atoms with Crippen LogP contribution in [0.15, 0.2) is 30.5 Å². The van der Waals surface area contributed by atoms with Gasteiger partial charge < -0.3 is 15.0 Å². The highest BCUT2D eigenvalue weighted by Crippen LogP contribution is 2.25. The lowest BCUT2D eigenvalue weighted by Crippen LogP contribution is -2.44. The maximum Gasteiger partial charge on any atom is 0.318 e. The van der Waals surface area contributed by atoms with E-state index in [1.807, 2.05) is 18.0 Å². The molecule has 0 bridgehead atoms. The summed E-state index contributed by atoms with van der Waals surface area (Å²) in [6.45, 7) is 4.96. The molecule has 1 atom stereocenters. The van der Waals surface area contributed by atoms with Gasteiger partial charge in [-0.3, -0.25) is 0 Å². The minimum absolute atomic E-state index is 0.0265. The number of carbonyl (C=O) groups excluding carboxylic acids is 1. The van der Waals surface area contributed by atoms with Gasteiger partial charge in [-0.15, -0.1) is 0 Å². The second kappa shape index (κ2) is 8.79. The molecule has 3 aliphatic rings. The zero-order valence-corrected chi connectivity index (χ0v) is 18.1. The smallest absolute Gasteiger partial charge is 0.318 e. The summed E-state index contributed by atoms with van der Waals surface area (Å²) in [7, 11) is 0. The van der Waals surface area contributed by atoms with E-state index in [0.29, 0.717) is 19.0 Å². The third-order valence-corrected chi connectivity index (χ3v) is 6.74. The minimum Gasteiger partial charge on any atom is -0.381 e. The van der Waals surface area contributed by atoms with E-state index >= 15 is 0 Å². The van der Waals surface area contributed by atoms with Gasteiger partial charge in [-0.05, 0) is 60.8 Å². The van der Waals surface area contributed by atoms with Crippen molar-refractivity contribution in [2.24, 2.45) is 5.92 Å². The van der Waals surface area contributed by atoms with E-state index in [1.165, 1.54) is 16.7 Å². The molecule has 0 spiro atoms. The van der Waals surface area contributed by atoms with E-state index in [9.17, 15) is 4.79 Å². The van der Waals surface area contributed by atoms with Gasteiger partial charge in [-0.25, -0.2) is 14.8 Å². The van der Waals surface area contributed by atoms with E-state index in [1.54, 1.807) is 0 Å². The van der Waals surface area contributed by atoms with Crippen LogP contribution in [0.3, 0.4) is 0 Å². The topological polar surface area (TPSA) is 67.4 Å². The molecule has 5 rings (SSSR count). The summed E-state index contributed by atoms with van der Waals surface area (Å²) in [6, 6.07) is 6.41. The number of hydrogen-bond acceptors (Lipinski definition) is 4. The summed E-state index contributed by atoms with van der Waals surface area (Å²) >= 11 is 0. The van der Waals surface area contributed by atoms with Gasteiger partial charge in [0.15, 0.2) is 0 Å². The fraction of sp³-hybridized carbons (Fsp3) is 0.480. The molecule has 6 heteroatoms. The fourth-order valence-electron chi connectivity index (χ4n) is 4.73. The Hall–Kier alpha value is -2.73. The van der Waals surface area contributed by atoms with Gasteiger partial charge in [0.2, 0.25) is 0 Å². The molecule has 1 N–H and O–H groups in total. The largest absolute Gasteiger partial charge is 0.381 e. The van der Waals surface area contributed by atoms with Gasteiger partial charge in [0.25, 0.3) is 0 Å². The number of amides is 2. The molecule has 1 aliphatic carbocycles. The normalized spacial score (nSPS) is 19.1. The number of nitrogens with zero attached hydrogens (tertiary/aromatic N) is 3. The molecule has 1 aromatic heterocycles. The monoisotopic (exact) mass is 418 g/mol. The molecule has 1 saturated heterocycles. The molecule has 1 unspecified atom stereocenters.